The van der Waals surface area contributed by atoms with Gasteiger partial charge in [-0.05, 0) is 100 Å². The molecule has 14 nitrogen and oxygen atoms in total. The van der Waals surface area contributed by atoms with E-state index >= 15 is 0 Å². The van der Waals surface area contributed by atoms with Crippen LogP contribution in [0.1, 0.15) is 77.8 Å². The zero-order valence-corrected chi connectivity index (χ0v) is 36.5. The van der Waals surface area contributed by atoms with Crippen LogP contribution in [0.4, 0.5) is 15.5 Å². The first-order chi connectivity index (χ1) is 28.7. The van der Waals surface area contributed by atoms with Gasteiger partial charge in [-0.3, -0.25) is 14.4 Å². The van der Waals surface area contributed by atoms with E-state index in [9.17, 15) is 24.0 Å². The number of esters is 1. The van der Waals surface area contributed by atoms with E-state index in [0.717, 1.165) is 10.4 Å². The van der Waals surface area contributed by atoms with Gasteiger partial charge in [-0.1, -0.05) is 31.2 Å². The van der Waals surface area contributed by atoms with Crippen molar-refractivity contribution in [3.8, 4) is 17.2 Å². The van der Waals surface area contributed by atoms with Crippen molar-refractivity contribution >= 4 is 69.6 Å². The first-order valence-electron chi connectivity index (χ1n) is 19.2. The maximum atomic E-state index is 13.9. The van der Waals surface area contributed by atoms with Gasteiger partial charge in [0.1, 0.15) is 16.3 Å². The van der Waals surface area contributed by atoms with Crippen molar-refractivity contribution in [3.63, 3.8) is 0 Å². The SMILES string of the molecule is CCOC(=O)c1c(NC(=O)C(CC)Sc2cccc(NC(=O)/C(=C\c3cc(OC)c(OC)c(OC)c3)NC(=O)c3ccccc3)c2)sc2c1CCN(C(=O)OC(C)(C)C)C2. The average Bonchev–Trinajstić information content (AvgIpc) is 3.58. The Bertz CT molecular complexity index is 2230. The number of carbonyl (C=O) groups is 5. The van der Waals surface area contributed by atoms with Crippen molar-refractivity contribution in [2.24, 2.45) is 0 Å². The highest BCUT2D eigenvalue weighted by Crippen LogP contribution is 2.40. The summed E-state index contributed by atoms with van der Waals surface area (Å²) in [7, 11) is 4.44. The van der Waals surface area contributed by atoms with Gasteiger partial charge in [-0.25, -0.2) is 9.59 Å². The summed E-state index contributed by atoms with van der Waals surface area (Å²) in [5.74, 6) is -0.898. The topological polar surface area (TPSA) is 171 Å². The molecule has 0 saturated heterocycles. The van der Waals surface area contributed by atoms with E-state index < -0.39 is 34.7 Å². The molecule has 0 bridgehead atoms. The Hall–Kier alpha value is -6.00. The molecular formula is C44H50N4O10S2. The quantitative estimate of drug-likeness (QED) is 0.0599. The van der Waals surface area contributed by atoms with Crippen molar-refractivity contribution in [1.29, 1.82) is 0 Å². The molecule has 3 N–H and O–H groups in total. The summed E-state index contributed by atoms with van der Waals surface area (Å²) in [6, 6.07) is 18.8. The molecule has 0 spiro atoms. The molecule has 1 aliphatic heterocycles. The molecule has 4 aromatic rings. The highest BCUT2D eigenvalue weighted by molar-refractivity contribution is 8.00. The monoisotopic (exact) mass is 858 g/mol. The van der Waals surface area contributed by atoms with Crippen LogP contribution in [-0.4, -0.2) is 80.0 Å². The third-order valence-electron chi connectivity index (χ3n) is 8.99. The number of nitrogens with zero attached hydrogens (tertiary/aromatic N) is 1. The Morgan fingerprint density at radius 3 is 2.22 bits per heavy atom. The largest absolute Gasteiger partial charge is 0.493 e. The molecular weight excluding hydrogens is 809 g/mol. The molecule has 318 valence electrons. The van der Waals surface area contributed by atoms with Crippen LogP contribution in [0.3, 0.4) is 0 Å². The number of hydrogen-bond acceptors (Lipinski definition) is 12. The fourth-order valence-corrected chi connectivity index (χ4v) is 8.48. The number of amides is 4. The molecule has 0 radical (unpaired) electrons. The number of benzene rings is 3. The zero-order chi connectivity index (χ0) is 43.6. The van der Waals surface area contributed by atoms with Gasteiger partial charge < -0.3 is 44.5 Å². The molecule has 0 saturated carbocycles. The Kier molecular flexibility index (Phi) is 15.3. The predicted molar refractivity (Wildman–Crippen MR) is 232 cm³/mol. The second-order valence-corrected chi connectivity index (χ2v) is 16.8. The van der Waals surface area contributed by atoms with Crippen LogP contribution in [0.5, 0.6) is 17.2 Å². The molecule has 0 aliphatic carbocycles. The molecule has 1 unspecified atom stereocenters. The van der Waals surface area contributed by atoms with Gasteiger partial charge in [0.25, 0.3) is 11.8 Å². The van der Waals surface area contributed by atoms with Gasteiger partial charge in [0, 0.05) is 27.6 Å². The number of thiophene rings is 1. The minimum Gasteiger partial charge on any atom is -0.493 e. The summed E-state index contributed by atoms with van der Waals surface area (Å²) >= 11 is 2.53. The van der Waals surface area contributed by atoms with Crippen molar-refractivity contribution in [2.45, 2.75) is 69.8 Å². The summed E-state index contributed by atoms with van der Waals surface area (Å²) in [6.45, 7) is 9.73. The van der Waals surface area contributed by atoms with Gasteiger partial charge in [-0.2, -0.15) is 0 Å². The highest BCUT2D eigenvalue weighted by atomic mass is 32.2. The standard InChI is InChI=1S/C44H50N4O10S2/c1-9-34(40(51)47-41-36(42(52)57-10-2)30-19-20-48(25-35(30)60-41)43(53)58-44(3,4)5)59-29-18-14-17-28(24-29)45-39(50)31(46-38(49)27-15-12-11-13-16-27)21-26-22-32(54-6)37(56-8)33(23-26)55-7/h11-18,21-24,34H,9-10,19-20,25H2,1-8H3,(H,45,50)(H,46,49)(H,47,51)/b31-21+. The van der Waals surface area contributed by atoms with Crippen LogP contribution in [-0.2, 0) is 32.0 Å². The molecule has 1 aliphatic rings. The summed E-state index contributed by atoms with van der Waals surface area (Å²) in [4.78, 5) is 70.3. The number of thioether (sulfide) groups is 1. The summed E-state index contributed by atoms with van der Waals surface area (Å²) in [5, 5.41) is 8.36. The lowest BCUT2D eigenvalue weighted by atomic mass is 10.0. The summed E-state index contributed by atoms with van der Waals surface area (Å²) in [6.07, 6.45) is 1.88. The van der Waals surface area contributed by atoms with E-state index in [0.29, 0.717) is 68.9 Å². The van der Waals surface area contributed by atoms with Crippen molar-refractivity contribution < 1.29 is 47.7 Å². The van der Waals surface area contributed by atoms with Gasteiger partial charge in [0.05, 0.1) is 45.3 Å². The third kappa shape index (κ3) is 11.4. The van der Waals surface area contributed by atoms with Crippen LogP contribution in [0.25, 0.3) is 6.08 Å². The molecule has 16 heteroatoms. The van der Waals surface area contributed by atoms with E-state index in [-0.39, 0.29) is 24.8 Å². The van der Waals surface area contributed by atoms with Crippen molar-refractivity contribution in [2.75, 3.05) is 45.1 Å². The number of carbonyl (C=O) groups excluding carboxylic acids is 5. The lowest BCUT2D eigenvalue weighted by Gasteiger charge is -2.30. The van der Waals surface area contributed by atoms with E-state index in [4.69, 9.17) is 23.7 Å². The summed E-state index contributed by atoms with van der Waals surface area (Å²) in [5.41, 5.74) is 1.57. The maximum absolute atomic E-state index is 13.9. The number of ether oxygens (including phenoxy) is 5. The van der Waals surface area contributed by atoms with E-state index in [1.807, 2.05) is 13.0 Å². The molecule has 5 rings (SSSR count). The van der Waals surface area contributed by atoms with Gasteiger partial charge in [0.2, 0.25) is 11.7 Å². The van der Waals surface area contributed by atoms with E-state index in [2.05, 4.69) is 16.0 Å². The molecule has 1 aromatic heterocycles. The average molecular weight is 859 g/mol. The molecule has 3 aromatic carbocycles. The number of rotatable bonds is 15. The minimum atomic E-state index is -0.665. The lowest BCUT2D eigenvalue weighted by molar-refractivity contribution is -0.116. The number of anilines is 2. The molecule has 2 heterocycles. The smallest absolute Gasteiger partial charge is 0.410 e. The van der Waals surface area contributed by atoms with Crippen LogP contribution in [0, 0.1) is 0 Å². The van der Waals surface area contributed by atoms with E-state index in [1.165, 1.54) is 50.5 Å². The normalized spacial score (nSPS) is 13.0. The highest BCUT2D eigenvalue weighted by Gasteiger charge is 2.33. The lowest BCUT2D eigenvalue weighted by Crippen LogP contribution is -2.39. The Morgan fingerprint density at radius 1 is 0.900 bits per heavy atom. The molecule has 0 fully saturated rings. The Morgan fingerprint density at radius 2 is 1.60 bits per heavy atom. The third-order valence-corrected chi connectivity index (χ3v) is 11.5. The fourth-order valence-electron chi connectivity index (χ4n) is 6.21. The Balaban J connectivity index is 1.36. The Labute approximate surface area is 357 Å². The minimum absolute atomic E-state index is 0.0627. The van der Waals surface area contributed by atoms with Crippen LogP contribution < -0.4 is 30.2 Å². The second-order valence-electron chi connectivity index (χ2n) is 14.4. The van der Waals surface area contributed by atoms with Crippen molar-refractivity contribution in [1.82, 2.24) is 10.2 Å². The van der Waals surface area contributed by atoms with Crippen molar-refractivity contribution in [3.05, 3.63) is 99.6 Å². The predicted octanol–water partition coefficient (Wildman–Crippen LogP) is 8.16. The first kappa shape index (κ1) is 45.1. The number of methoxy groups -OCH3 is 3. The van der Waals surface area contributed by atoms with Crippen LogP contribution in [0.2, 0.25) is 0 Å². The molecule has 1 atom stereocenters. The number of nitrogens with one attached hydrogen (secondary N) is 3. The molecule has 60 heavy (non-hydrogen) atoms. The summed E-state index contributed by atoms with van der Waals surface area (Å²) < 4.78 is 27.4. The fraction of sp³-hybridized carbons (Fsp3) is 0.341. The maximum Gasteiger partial charge on any atom is 0.410 e. The van der Waals surface area contributed by atoms with Gasteiger partial charge in [-0.15, -0.1) is 23.1 Å². The molecule has 4 amide bonds. The van der Waals surface area contributed by atoms with Gasteiger partial charge in [0.15, 0.2) is 11.5 Å². The number of hydrogen-bond donors (Lipinski definition) is 3. The van der Waals surface area contributed by atoms with E-state index in [1.54, 1.807) is 93.3 Å². The second kappa shape index (κ2) is 20.3. The van der Waals surface area contributed by atoms with Crippen LogP contribution >= 0.6 is 23.1 Å². The van der Waals surface area contributed by atoms with Gasteiger partial charge >= 0.3 is 12.1 Å². The van der Waals surface area contributed by atoms with Crippen LogP contribution in [0.15, 0.2) is 77.3 Å². The number of fused-ring (bicyclic) bond motifs is 1. The zero-order valence-electron chi connectivity index (χ0n) is 34.9. The first-order valence-corrected chi connectivity index (χ1v) is 20.9.